The minimum Gasteiger partial charge on any atom is -0.454 e. The van der Waals surface area contributed by atoms with E-state index in [1.165, 1.54) is 5.56 Å². The van der Waals surface area contributed by atoms with Crippen molar-refractivity contribution in [2.45, 2.75) is 26.4 Å². The highest BCUT2D eigenvalue weighted by atomic mass is 16.7. The van der Waals surface area contributed by atoms with Gasteiger partial charge in [-0.15, -0.1) is 0 Å². The van der Waals surface area contributed by atoms with Gasteiger partial charge in [-0.25, -0.2) is 0 Å². The Labute approximate surface area is 184 Å². The Balaban J connectivity index is 1.30. The molecule has 0 unspecified atom stereocenters. The van der Waals surface area contributed by atoms with Crippen molar-refractivity contribution >= 4 is 5.91 Å². The minimum absolute atomic E-state index is 0.0943. The summed E-state index contributed by atoms with van der Waals surface area (Å²) in [6.07, 6.45) is 1.82. The molecule has 8 heteroatoms. The van der Waals surface area contributed by atoms with Crippen molar-refractivity contribution in [1.29, 1.82) is 0 Å². The Bertz CT molecular complexity index is 1260. The molecule has 0 saturated carbocycles. The fourth-order valence-electron chi connectivity index (χ4n) is 3.61. The summed E-state index contributed by atoms with van der Waals surface area (Å²) < 4.78 is 18.0. The van der Waals surface area contributed by atoms with Crippen LogP contribution in [0.15, 0.2) is 65.3 Å². The molecule has 32 heavy (non-hydrogen) atoms. The fourth-order valence-corrected chi connectivity index (χ4v) is 3.61. The van der Waals surface area contributed by atoms with Gasteiger partial charge in [0.15, 0.2) is 11.5 Å². The molecule has 0 saturated heterocycles. The van der Waals surface area contributed by atoms with Crippen LogP contribution in [-0.2, 0) is 11.3 Å². The summed E-state index contributed by atoms with van der Waals surface area (Å²) >= 11 is 0. The molecule has 4 aromatic rings. The molecule has 162 valence electrons. The topological polar surface area (TPSA) is 91.4 Å². The van der Waals surface area contributed by atoms with E-state index < -0.39 is 0 Å². The van der Waals surface area contributed by atoms with Gasteiger partial charge in [-0.05, 0) is 49.7 Å². The monoisotopic (exact) mass is 430 g/mol. The zero-order valence-electron chi connectivity index (χ0n) is 17.7. The minimum atomic E-state index is -0.106. The second-order valence-electron chi connectivity index (χ2n) is 7.71. The third-order valence-corrected chi connectivity index (χ3v) is 5.37. The molecule has 0 bridgehead atoms. The van der Waals surface area contributed by atoms with Gasteiger partial charge in [0, 0.05) is 11.8 Å². The van der Waals surface area contributed by atoms with Crippen molar-refractivity contribution in [2.75, 3.05) is 6.79 Å². The van der Waals surface area contributed by atoms with Crippen molar-refractivity contribution in [3.05, 3.63) is 71.9 Å². The molecule has 1 N–H and O–H groups in total. The highest BCUT2D eigenvalue weighted by Crippen LogP contribution is 2.35. The number of fused-ring (bicyclic) bond motifs is 1. The summed E-state index contributed by atoms with van der Waals surface area (Å²) in [5.74, 6) is 2.00. The number of amides is 1. The first-order valence-corrected chi connectivity index (χ1v) is 10.3. The molecule has 3 heterocycles. The van der Waals surface area contributed by atoms with E-state index in [0.717, 1.165) is 11.1 Å². The van der Waals surface area contributed by atoms with E-state index in [1.807, 2.05) is 74.6 Å². The zero-order valence-corrected chi connectivity index (χ0v) is 17.7. The fraction of sp³-hybridized carbons (Fsp3) is 0.208. The van der Waals surface area contributed by atoms with Gasteiger partial charge in [-0.2, -0.15) is 4.98 Å². The van der Waals surface area contributed by atoms with E-state index in [0.29, 0.717) is 28.9 Å². The maximum atomic E-state index is 12.7. The number of aromatic nitrogens is 3. The first-order valence-electron chi connectivity index (χ1n) is 10.3. The second kappa shape index (κ2) is 8.22. The van der Waals surface area contributed by atoms with Crippen molar-refractivity contribution in [1.82, 2.24) is 20.0 Å². The van der Waals surface area contributed by atoms with Crippen molar-refractivity contribution < 1.29 is 18.8 Å². The Morgan fingerprint density at radius 2 is 1.94 bits per heavy atom. The molecule has 8 nitrogen and oxygen atoms in total. The average Bonchev–Trinajstić information content (AvgIpc) is 3.53. The third kappa shape index (κ3) is 3.94. The van der Waals surface area contributed by atoms with Crippen LogP contribution in [0.3, 0.4) is 0 Å². The van der Waals surface area contributed by atoms with Crippen LogP contribution < -0.4 is 14.8 Å². The molecule has 5 rings (SSSR count). The highest BCUT2D eigenvalue weighted by Gasteiger charge is 2.19. The number of aryl methyl sites for hydroxylation is 1. The van der Waals surface area contributed by atoms with Crippen molar-refractivity contribution in [2.24, 2.45) is 0 Å². The summed E-state index contributed by atoms with van der Waals surface area (Å²) in [7, 11) is 0. The van der Waals surface area contributed by atoms with Gasteiger partial charge >= 0.3 is 0 Å². The lowest BCUT2D eigenvalue weighted by Gasteiger charge is -2.15. The van der Waals surface area contributed by atoms with Gasteiger partial charge < -0.3 is 23.9 Å². The first-order chi connectivity index (χ1) is 15.6. The van der Waals surface area contributed by atoms with Crippen LogP contribution in [0.1, 0.15) is 24.1 Å². The predicted octanol–water partition coefficient (Wildman–Crippen LogP) is 4.12. The van der Waals surface area contributed by atoms with Crippen LogP contribution >= 0.6 is 0 Å². The predicted molar refractivity (Wildman–Crippen MR) is 117 cm³/mol. The standard InChI is InChI=1S/C24H22N4O4/c1-15-5-7-17(8-6-15)16(2)25-22(29)13-28-11-3-4-19(28)24-26-23(27-32-24)18-9-10-20-21(12-18)31-14-30-20/h3-12,16H,13-14H2,1-2H3,(H,25,29)/t16-/m1/s1. The quantitative estimate of drug-likeness (QED) is 0.495. The second-order valence-corrected chi connectivity index (χ2v) is 7.71. The molecule has 1 amide bonds. The summed E-state index contributed by atoms with van der Waals surface area (Å²) in [5.41, 5.74) is 3.67. The number of carbonyl (C=O) groups is 1. The number of hydrogen-bond acceptors (Lipinski definition) is 6. The van der Waals surface area contributed by atoms with Crippen molar-refractivity contribution in [3.63, 3.8) is 0 Å². The Morgan fingerprint density at radius 1 is 1.12 bits per heavy atom. The molecule has 2 aromatic heterocycles. The summed E-state index contributed by atoms with van der Waals surface area (Å²) in [6.45, 7) is 4.35. The van der Waals surface area contributed by atoms with Crippen LogP contribution in [0.2, 0.25) is 0 Å². The molecule has 0 aliphatic carbocycles. The zero-order chi connectivity index (χ0) is 22.1. The normalized spacial score (nSPS) is 13.2. The molecule has 2 aromatic carbocycles. The van der Waals surface area contributed by atoms with Gasteiger partial charge in [-0.3, -0.25) is 4.79 Å². The maximum Gasteiger partial charge on any atom is 0.274 e. The van der Waals surface area contributed by atoms with Crippen LogP contribution in [0.4, 0.5) is 0 Å². The molecule has 0 spiro atoms. The van der Waals surface area contributed by atoms with Gasteiger partial charge in [-0.1, -0.05) is 35.0 Å². The Hall–Kier alpha value is -4.07. The molecular formula is C24H22N4O4. The number of nitrogens with zero attached hydrogens (tertiary/aromatic N) is 3. The molecule has 0 radical (unpaired) electrons. The maximum absolute atomic E-state index is 12.7. The van der Waals surface area contributed by atoms with Gasteiger partial charge in [0.05, 0.1) is 6.04 Å². The van der Waals surface area contributed by atoms with E-state index in [-0.39, 0.29) is 25.3 Å². The molecule has 1 atom stereocenters. The first kappa shape index (κ1) is 19.9. The summed E-state index contributed by atoms with van der Waals surface area (Å²) in [4.78, 5) is 17.2. The number of nitrogens with one attached hydrogen (secondary N) is 1. The number of rotatable bonds is 6. The van der Waals surface area contributed by atoms with Crippen LogP contribution in [-0.4, -0.2) is 27.4 Å². The lowest BCUT2D eigenvalue weighted by Crippen LogP contribution is -2.30. The molecular weight excluding hydrogens is 408 g/mol. The average molecular weight is 430 g/mol. The molecule has 1 aliphatic rings. The van der Waals surface area contributed by atoms with Crippen LogP contribution in [0, 0.1) is 6.92 Å². The van der Waals surface area contributed by atoms with Crippen LogP contribution in [0.25, 0.3) is 23.0 Å². The third-order valence-electron chi connectivity index (χ3n) is 5.37. The van der Waals surface area contributed by atoms with Crippen LogP contribution in [0.5, 0.6) is 11.5 Å². The van der Waals surface area contributed by atoms with Crippen molar-refractivity contribution in [3.8, 4) is 34.5 Å². The SMILES string of the molecule is Cc1ccc([C@@H](C)NC(=O)Cn2cccc2-c2nc(-c3ccc4c(c3)OCO4)no2)cc1. The Morgan fingerprint density at radius 3 is 2.78 bits per heavy atom. The van der Waals surface area contributed by atoms with E-state index in [9.17, 15) is 4.79 Å². The van der Waals surface area contributed by atoms with E-state index in [4.69, 9.17) is 14.0 Å². The van der Waals surface area contributed by atoms with E-state index in [2.05, 4.69) is 15.5 Å². The lowest BCUT2D eigenvalue weighted by molar-refractivity contribution is -0.122. The smallest absolute Gasteiger partial charge is 0.274 e. The van der Waals surface area contributed by atoms with E-state index in [1.54, 1.807) is 4.57 Å². The Kier molecular flexibility index (Phi) is 5.10. The van der Waals surface area contributed by atoms with Gasteiger partial charge in [0.1, 0.15) is 12.2 Å². The number of carbonyl (C=O) groups excluding carboxylic acids is 1. The lowest BCUT2D eigenvalue weighted by atomic mass is 10.1. The molecule has 0 fully saturated rings. The highest BCUT2D eigenvalue weighted by molar-refractivity contribution is 5.77. The van der Waals surface area contributed by atoms with Gasteiger partial charge in [0.25, 0.3) is 5.89 Å². The number of ether oxygens (including phenoxy) is 2. The largest absolute Gasteiger partial charge is 0.454 e. The molecule has 1 aliphatic heterocycles. The number of benzene rings is 2. The van der Waals surface area contributed by atoms with Gasteiger partial charge in [0.2, 0.25) is 18.5 Å². The summed E-state index contributed by atoms with van der Waals surface area (Å²) in [5, 5.41) is 7.12. The number of hydrogen-bond donors (Lipinski definition) is 1. The summed E-state index contributed by atoms with van der Waals surface area (Å²) in [6, 6.07) is 17.2. The van der Waals surface area contributed by atoms with E-state index >= 15 is 0 Å².